The molecule has 0 aliphatic rings. The van der Waals surface area contributed by atoms with Crippen LogP contribution in [0.3, 0.4) is 0 Å². The Morgan fingerprint density at radius 3 is 2.68 bits per heavy atom. The van der Waals surface area contributed by atoms with E-state index in [1.54, 1.807) is 0 Å². The molecule has 0 fully saturated rings. The van der Waals surface area contributed by atoms with Crippen LogP contribution < -0.4 is 0 Å². The van der Waals surface area contributed by atoms with Gasteiger partial charge in [0.2, 0.25) is 5.16 Å². The van der Waals surface area contributed by atoms with Crippen molar-refractivity contribution in [1.82, 2.24) is 19.6 Å². The summed E-state index contributed by atoms with van der Waals surface area (Å²) in [6, 6.07) is 18.1. The number of pyridine rings is 2. The first-order valence-electron chi connectivity index (χ1n) is 8.92. The summed E-state index contributed by atoms with van der Waals surface area (Å²) in [5, 5.41) is 12.1. The first kappa shape index (κ1) is 16.9. The molecule has 6 heteroatoms. The molecule has 0 spiro atoms. The molecular formula is C22H16N4OS. The third-order valence-corrected chi connectivity index (χ3v) is 5.90. The molecule has 28 heavy (non-hydrogen) atoms. The number of hydrogen-bond donors (Lipinski definition) is 0. The third-order valence-electron chi connectivity index (χ3n) is 4.93. The van der Waals surface area contributed by atoms with Crippen LogP contribution in [-0.2, 0) is 0 Å². The number of aryl methyl sites for hydroxylation is 2. The first-order chi connectivity index (χ1) is 13.7. The average molecular weight is 384 g/mol. The predicted molar refractivity (Wildman–Crippen MR) is 111 cm³/mol. The Morgan fingerprint density at radius 2 is 1.82 bits per heavy atom. The van der Waals surface area contributed by atoms with Crippen LogP contribution >= 0.6 is 11.8 Å². The number of nitrogens with zero attached hydrogens (tertiary/aromatic N) is 4. The zero-order valence-corrected chi connectivity index (χ0v) is 16.2. The van der Waals surface area contributed by atoms with Gasteiger partial charge in [-0.15, -0.1) is 10.2 Å². The van der Waals surface area contributed by atoms with Gasteiger partial charge in [0, 0.05) is 16.3 Å². The van der Waals surface area contributed by atoms with Crippen LogP contribution in [0.1, 0.15) is 21.5 Å². The van der Waals surface area contributed by atoms with Crippen molar-refractivity contribution in [1.29, 1.82) is 0 Å². The molecule has 0 saturated heterocycles. The van der Waals surface area contributed by atoms with E-state index in [1.807, 2.05) is 53.8 Å². The number of fused-ring (bicyclic) bond motifs is 4. The molecule has 0 atom stereocenters. The summed E-state index contributed by atoms with van der Waals surface area (Å²) in [5.41, 5.74) is 5.49. The van der Waals surface area contributed by atoms with Crippen LogP contribution in [0.4, 0.5) is 0 Å². The number of aldehydes is 1. The molecule has 5 aromatic rings. The monoisotopic (exact) mass is 384 g/mol. The van der Waals surface area contributed by atoms with Crippen LogP contribution in [0, 0.1) is 13.8 Å². The fraction of sp³-hybridized carbons (Fsp3) is 0.0909. The van der Waals surface area contributed by atoms with E-state index in [0.717, 1.165) is 44.9 Å². The largest absolute Gasteiger partial charge is 0.298 e. The van der Waals surface area contributed by atoms with Crippen molar-refractivity contribution in [3.63, 3.8) is 0 Å². The van der Waals surface area contributed by atoms with Crippen molar-refractivity contribution in [2.75, 3.05) is 0 Å². The Balaban J connectivity index is 1.74. The van der Waals surface area contributed by atoms with Crippen molar-refractivity contribution in [3.05, 3.63) is 71.3 Å². The van der Waals surface area contributed by atoms with Crippen LogP contribution in [0.5, 0.6) is 0 Å². The molecule has 0 bridgehead atoms. The maximum Gasteiger partial charge on any atom is 0.202 e. The van der Waals surface area contributed by atoms with Crippen molar-refractivity contribution in [2.24, 2.45) is 0 Å². The molecule has 0 aliphatic carbocycles. The van der Waals surface area contributed by atoms with E-state index in [1.165, 1.54) is 11.8 Å². The quantitative estimate of drug-likeness (QED) is 0.409. The fourth-order valence-corrected chi connectivity index (χ4v) is 4.44. The molecule has 0 saturated carbocycles. The van der Waals surface area contributed by atoms with Crippen molar-refractivity contribution < 1.29 is 4.79 Å². The van der Waals surface area contributed by atoms with Gasteiger partial charge in [-0.1, -0.05) is 36.4 Å². The lowest BCUT2D eigenvalue weighted by molar-refractivity contribution is 0.112. The van der Waals surface area contributed by atoms with E-state index in [4.69, 9.17) is 4.98 Å². The Labute approximate surface area is 165 Å². The molecule has 0 aliphatic heterocycles. The normalized spacial score (nSPS) is 11.5. The van der Waals surface area contributed by atoms with Gasteiger partial charge >= 0.3 is 0 Å². The lowest BCUT2D eigenvalue weighted by Gasteiger charge is -2.09. The second kappa shape index (κ2) is 6.42. The van der Waals surface area contributed by atoms with E-state index >= 15 is 0 Å². The Bertz CT molecular complexity index is 1390. The topological polar surface area (TPSA) is 60.2 Å². The van der Waals surface area contributed by atoms with Crippen molar-refractivity contribution >= 4 is 45.5 Å². The van der Waals surface area contributed by atoms with Gasteiger partial charge in [-0.2, -0.15) is 0 Å². The minimum absolute atomic E-state index is 0.552. The SMILES string of the molecule is Cc1cc2nnc(Sc3nc4c(C)cccc4cc3C=O)n2c2ccccc12. The van der Waals surface area contributed by atoms with Gasteiger partial charge in [-0.05, 0) is 54.9 Å². The van der Waals surface area contributed by atoms with Gasteiger partial charge in [0.25, 0.3) is 0 Å². The first-order valence-corrected chi connectivity index (χ1v) is 9.74. The summed E-state index contributed by atoms with van der Waals surface area (Å²) in [4.78, 5) is 16.5. The smallest absolute Gasteiger partial charge is 0.202 e. The molecule has 136 valence electrons. The molecular weight excluding hydrogens is 368 g/mol. The van der Waals surface area contributed by atoms with Gasteiger partial charge in [-0.3, -0.25) is 9.20 Å². The number of carbonyl (C=O) groups excluding carboxylic acids is 1. The van der Waals surface area contributed by atoms with Crippen LogP contribution in [0.2, 0.25) is 0 Å². The zero-order chi connectivity index (χ0) is 19.3. The highest BCUT2D eigenvalue weighted by molar-refractivity contribution is 7.99. The van der Waals surface area contributed by atoms with Gasteiger partial charge in [0.1, 0.15) is 5.03 Å². The number of rotatable bonds is 3. The van der Waals surface area contributed by atoms with Gasteiger partial charge in [-0.25, -0.2) is 4.98 Å². The van der Waals surface area contributed by atoms with E-state index in [2.05, 4.69) is 29.3 Å². The summed E-state index contributed by atoms with van der Waals surface area (Å²) >= 11 is 1.37. The summed E-state index contributed by atoms with van der Waals surface area (Å²) in [7, 11) is 0. The highest BCUT2D eigenvalue weighted by atomic mass is 32.2. The number of benzene rings is 2. The summed E-state index contributed by atoms with van der Waals surface area (Å²) in [5.74, 6) is 0. The molecule has 3 aromatic heterocycles. The van der Waals surface area contributed by atoms with Gasteiger partial charge < -0.3 is 0 Å². The number of aromatic nitrogens is 4. The number of hydrogen-bond acceptors (Lipinski definition) is 5. The Kier molecular flexibility index (Phi) is 3.87. The maximum absolute atomic E-state index is 11.7. The predicted octanol–water partition coefficient (Wildman–Crippen LogP) is 5.01. The number of para-hydroxylation sites is 2. The van der Waals surface area contributed by atoms with Gasteiger partial charge in [0.15, 0.2) is 11.9 Å². The summed E-state index contributed by atoms with van der Waals surface area (Å²) in [6.07, 6.45) is 0.850. The van der Waals surface area contributed by atoms with Gasteiger partial charge in [0.05, 0.1) is 11.0 Å². The Morgan fingerprint density at radius 1 is 0.964 bits per heavy atom. The molecule has 5 rings (SSSR count). The van der Waals surface area contributed by atoms with Crippen molar-refractivity contribution in [3.8, 4) is 0 Å². The lowest BCUT2D eigenvalue weighted by Crippen LogP contribution is -1.96. The second-order valence-corrected chi connectivity index (χ2v) is 7.73. The molecule has 2 aromatic carbocycles. The maximum atomic E-state index is 11.7. The minimum atomic E-state index is 0.552. The summed E-state index contributed by atoms with van der Waals surface area (Å²) in [6.45, 7) is 4.09. The minimum Gasteiger partial charge on any atom is -0.298 e. The van der Waals surface area contributed by atoms with E-state index in [0.29, 0.717) is 15.7 Å². The second-order valence-electron chi connectivity index (χ2n) is 6.77. The Hall–Kier alpha value is -3.25. The molecule has 0 amide bonds. The molecule has 0 N–H and O–H groups in total. The van der Waals surface area contributed by atoms with E-state index in [-0.39, 0.29) is 0 Å². The average Bonchev–Trinajstić information content (AvgIpc) is 3.11. The van der Waals surface area contributed by atoms with E-state index < -0.39 is 0 Å². The molecule has 0 radical (unpaired) electrons. The lowest BCUT2D eigenvalue weighted by atomic mass is 10.1. The highest BCUT2D eigenvalue weighted by Crippen LogP contribution is 2.32. The van der Waals surface area contributed by atoms with Crippen LogP contribution in [0.25, 0.3) is 27.5 Å². The summed E-state index contributed by atoms with van der Waals surface area (Å²) < 4.78 is 2.02. The zero-order valence-electron chi connectivity index (χ0n) is 15.4. The van der Waals surface area contributed by atoms with Crippen LogP contribution in [0.15, 0.2) is 64.8 Å². The fourth-order valence-electron chi connectivity index (χ4n) is 3.54. The number of carbonyl (C=O) groups is 1. The van der Waals surface area contributed by atoms with E-state index in [9.17, 15) is 4.79 Å². The third kappa shape index (κ3) is 2.57. The molecule has 0 unspecified atom stereocenters. The highest BCUT2D eigenvalue weighted by Gasteiger charge is 2.16. The standard InChI is InChI=1S/C22H16N4OS/c1-13-6-5-7-15-11-16(12-27)21(23-20(13)15)28-22-25-24-19-10-14(2)17-8-3-4-9-18(17)26(19)22/h3-12H,1-2H3. The molecule has 5 nitrogen and oxygen atoms in total. The van der Waals surface area contributed by atoms with Crippen molar-refractivity contribution in [2.45, 2.75) is 24.0 Å². The molecule has 3 heterocycles. The van der Waals surface area contributed by atoms with Crippen LogP contribution in [-0.4, -0.2) is 25.9 Å².